The quantitative estimate of drug-likeness (QED) is 0.799. The Hall–Kier alpha value is -1.37. The molecule has 0 amide bonds. The molecule has 90 valence electrons. The predicted octanol–water partition coefficient (Wildman–Crippen LogP) is 2.17. The average molecular weight is 230 g/mol. The van der Waals surface area contributed by atoms with Crippen molar-refractivity contribution in [3.05, 3.63) is 12.2 Å². The molecule has 0 spiro atoms. The molecule has 3 rings (SSSR count). The van der Waals surface area contributed by atoms with E-state index in [1.807, 2.05) is 4.68 Å². The molecular formula is C13H18N4. The summed E-state index contributed by atoms with van der Waals surface area (Å²) in [4.78, 5) is 4.33. The van der Waals surface area contributed by atoms with Gasteiger partial charge in [0.05, 0.1) is 11.5 Å². The van der Waals surface area contributed by atoms with Crippen molar-refractivity contribution in [2.24, 2.45) is 17.3 Å². The van der Waals surface area contributed by atoms with Crippen LogP contribution in [0.2, 0.25) is 0 Å². The molecule has 17 heavy (non-hydrogen) atoms. The highest BCUT2D eigenvalue weighted by molar-refractivity contribution is 5.15. The lowest BCUT2D eigenvalue weighted by molar-refractivity contribution is 0.232. The molecule has 2 saturated carbocycles. The van der Waals surface area contributed by atoms with Gasteiger partial charge in [-0.1, -0.05) is 6.42 Å². The molecule has 1 aromatic rings. The van der Waals surface area contributed by atoms with Crippen LogP contribution in [0.1, 0.15) is 38.4 Å². The van der Waals surface area contributed by atoms with Gasteiger partial charge in [-0.05, 0) is 38.0 Å². The van der Waals surface area contributed by atoms with Gasteiger partial charge in [0, 0.05) is 13.0 Å². The highest BCUT2D eigenvalue weighted by Gasteiger charge is 2.51. The lowest BCUT2D eigenvalue weighted by Gasteiger charge is -2.30. The summed E-state index contributed by atoms with van der Waals surface area (Å²) in [6, 6.07) is 2.62. The van der Waals surface area contributed by atoms with Crippen LogP contribution in [0.25, 0.3) is 0 Å². The fraction of sp³-hybridized carbons (Fsp3) is 0.769. The summed E-state index contributed by atoms with van der Waals surface area (Å²) in [5.41, 5.74) is -0.150. The maximum Gasteiger partial charge on any atom is 0.138 e. The summed E-state index contributed by atoms with van der Waals surface area (Å²) >= 11 is 0. The first-order chi connectivity index (χ1) is 8.27. The Kier molecular flexibility index (Phi) is 2.43. The van der Waals surface area contributed by atoms with Gasteiger partial charge in [-0.15, -0.1) is 0 Å². The molecule has 1 aromatic heterocycles. The first-order valence-corrected chi connectivity index (χ1v) is 6.55. The predicted molar refractivity (Wildman–Crippen MR) is 62.9 cm³/mol. The van der Waals surface area contributed by atoms with E-state index in [2.05, 4.69) is 23.1 Å². The Morgan fingerprint density at radius 2 is 2.47 bits per heavy atom. The zero-order chi connectivity index (χ0) is 11.9. The second kappa shape index (κ2) is 3.83. The minimum atomic E-state index is -0.150. The number of hydrogen-bond acceptors (Lipinski definition) is 3. The van der Waals surface area contributed by atoms with E-state index in [0.29, 0.717) is 5.92 Å². The van der Waals surface area contributed by atoms with Crippen molar-refractivity contribution in [2.75, 3.05) is 0 Å². The minimum Gasteiger partial charge on any atom is -0.250 e. The van der Waals surface area contributed by atoms with Crippen LogP contribution in [0, 0.1) is 28.6 Å². The lowest BCUT2D eigenvalue weighted by Crippen LogP contribution is -2.30. The van der Waals surface area contributed by atoms with E-state index in [1.165, 1.54) is 19.3 Å². The first-order valence-electron chi connectivity index (χ1n) is 6.55. The SMILES string of the molecule is CCn1ncnc1CC1(C#N)CC2CCC1C2. The van der Waals surface area contributed by atoms with Gasteiger partial charge >= 0.3 is 0 Å². The van der Waals surface area contributed by atoms with Gasteiger partial charge < -0.3 is 0 Å². The zero-order valence-corrected chi connectivity index (χ0v) is 10.3. The van der Waals surface area contributed by atoms with Crippen LogP contribution in [0.15, 0.2) is 6.33 Å². The van der Waals surface area contributed by atoms with E-state index in [1.54, 1.807) is 6.33 Å². The Morgan fingerprint density at radius 3 is 3.06 bits per heavy atom. The van der Waals surface area contributed by atoms with E-state index in [9.17, 15) is 5.26 Å². The molecule has 0 N–H and O–H groups in total. The Labute approximate surface area is 102 Å². The largest absolute Gasteiger partial charge is 0.250 e. The Bertz CT molecular complexity index is 458. The summed E-state index contributed by atoms with van der Waals surface area (Å²) in [5, 5.41) is 13.8. The number of fused-ring (bicyclic) bond motifs is 2. The van der Waals surface area contributed by atoms with Crippen LogP contribution in [0.5, 0.6) is 0 Å². The van der Waals surface area contributed by atoms with E-state index in [-0.39, 0.29) is 5.41 Å². The Morgan fingerprint density at radius 1 is 1.59 bits per heavy atom. The van der Waals surface area contributed by atoms with E-state index < -0.39 is 0 Å². The molecular weight excluding hydrogens is 212 g/mol. The van der Waals surface area contributed by atoms with Gasteiger partial charge in [0.15, 0.2) is 0 Å². The summed E-state index contributed by atoms with van der Waals surface area (Å²) in [6.45, 7) is 2.91. The molecule has 3 unspecified atom stereocenters. The topological polar surface area (TPSA) is 54.5 Å². The maximum atomic E-state index is 9.59. The van der Waals surface area contributed by atoms with Crippen LogP contribution < -0.4 is 0 Å². The van der Waals surface area contributed by atoms with E-state index in [0.717, 1.165) is 31.1 Å². The molecule has 0 aliphatic heterocycles. The fourth-order valence-corrected chi connectivity index (χ4v) is 3.81. The van der Waals surface area contributed by atoms with Crippen molar-refractivity contribution in [3.63, 3.8) is 0 Å². The maximum absolute atomic E-state index is 9.59. The number of aryl methyl sites for hydroxylation is 1. The van der Waals surface area contributed by atoms with Gasteiger partial charge in [0.25, 0.3) is 0 Å². The van der Waals surface area contributed by atoms with Crippen molar-refractivity contribution in [2.45, 2.75) is 45.6 Å². The molecule has 1 heterocycles. The summed E-state index contributed by atoms with van der Waals surface area (Å²) < 4.78 is 1.92. The molecule has 2 bridgehead atoms. The molecule has 2 aliphatic rings. The number of nitrogens with zero attached hydrogens (tertiary/aromatic N) is 4. The standard InChI is InChI=1S/C13H18N4/c1-2-17-12(15-9-16-17)7-13(8-14)6-10-3-4-11(13)5-10/h9-11H,2-7H2,1H3. The van der Waals surface area contributed by atoms with Gasteiger partial charge in [-0.3, -0.25) is 4.68 Å². The monoisotopic (exact) mass is 230 g/mol. The van der Waals surface area contributed by atoms with E-state index >= 15 is 0 Å². The molecule has 4 nitrogen and oxygen atoms in total. The third kappa shape index (κ3) is 1.56. The lowest BCUT2D eigenvalue weighted by atomic mass is 9.72. The molecule has 0 aromatic carbocycles. The molecule has 2 fully saturated rings. The minimum absolute atomic E-state index is 0.150. The van der Waals surface area contributed by atoms with Crippen LogP contribution in [0.4, 0.5) is 0 Å². The van der Waals surface area contributed by atoms with Crippen LogP contribution in [0.3, 0.4) is 0 Å². The third-order valence-electron chi connectivity index (χ3n) is 4.67. The van der Waals surface area contributed by atoms with E-state index in [4.69, 9.17) is 0 Å². The third-order valence-corrected chi connectivity index (χ3v) is 4.67. The summed E-state index contributed by atoms with van der Waals surface area (Å²) in [7, 11) is 0. The number of rotatable bonds is 3. The smallest absolute Gasteiger partial charge is 0.138 e. The van der Waals surface area contributed by atoms with Crippen molar-refractivity contribution in [3.8, 4) is 6.07 Å². The second-order valence-corrected chi connectivity index (χ2v) is 5.52. The first kappa shape index (κ1) is 10.8. The van der Waals surface area contributed by atoms with Crippen LogP contribution in [-0.4, -0.2) is 14.8 Å². The Balaban J connectivity index is 1.86. The van der Waals surface area contributed by atoms with Gasteiger partial charge in [-0.25, -0.2) is 4.98 Å². The van der Waals surface area contributed by atoms with Crippen molar-refractivity contribution in [1.29, 1.82) is 5.26 Å². The molecule has 4 heteroatoms. The van der Waals surface area contributed by atoms with Crippen molar-refractivity contribution < 1.29 is 0 Å². The highest BCUT2D eigenvalue weighted by atomic mass is 15.3. The zero-order valence-electron chi connectivity index (χ0n) is 10.3. The van der Waals surface area contributed by atoms with Gasteiger partial charge in [-0.2, -0.15) is 10.4 Å². The number of hydrogen-bond donors (Lipinski definition) is 0. The molecule has 2 aliphatic carbocycles. The second-order valence-electron chi connectivity index (χ2n) is 5.52. The normalized spacial score (nSPS) is 35.1. The highest BCUT2D eigenvalue weighted by Crippen LogP contribution is 2.56. The molecule has 0 radical (unpaired) electrons. The van der Waals surface area contributed by atoms with Gasteiger partial charge in [0.1, 0.15) is 12.2 Å². The van der Waals surface area contributed by atoms with Gasteiger partial charge in [0.2, 0.25) is 0 Å². The van der Waals surface area contributed by atoms with Crippen LogP contribution >= 0.6 is 0 Å². The fourth-order valence-electron chi connectivity index (χ4n) is 3.81. The molecule has 3 atom stereocenters. The van der Waals surface area contributed by atoms with Crippen molar-refractivity contribution in [1.82, 2.24) is 14.8 Å². The molecule has 0 saturated heterocycles. The average Bonchev–Trinajstić information content (AvgIpc) is 3.03. The summed E-state index contributed by atoms with van der Waals surface area (Å²) in [6.07, 6.45) is 7.29. The van der Waals surface area contributed by atoms with Crippen molar-refractivity contribution >= 4 is 0 Å². The summed E-state index contributed by atoms with van der Waals surface area (Å²) in [5.74, 6) is 2.37. The van der Waals surface area contributed by atoms with Crippen LogP contribution in [-0.2, 0) is 13.0 Å². The number of aromatic nitrogens is 3. The number of nitriles is 1.